The fraction of sp³-hybridized carbons (Fsp3) is 0.923. The molecule has 0 aromatic rings. The van der Waals surface area contributed by atoms with Crippen LogP contribution in [0.25, 0.3) is 0 Å². The number of nitrogens with one attached hydrogen (secondary N) is 1. The summed E-state index contributed by atoms with van der Waals surface area (Å²) in [6, 6.07) is 0.162. The number of hydrogen-bond acceptors (Lipinski definition) is 4. The van der Waals surface area contributed by atoms with Crippen molar-refractivity contribution >= 4 is 17.7 Å². The van der Waals surface area contributed by atoms with E-state index in [0.29, 0.717) is 6.42 Å². The van der Waals surface area contributed by atoms with Crippen LogP contribution in [0.3, 0.4) is 0 Å². The summed E-state index contributed by atoms with van der Waals surface area (Å²) in [6.07, 6.45) is 2.50. The molecule has 0 saturated heterocycles. The minimum absolute atomic E-state index is 0.162. The highest BCUT2D eigenvalue weighted by Crippen LogP contribution is 2.18. The van der Waals surface area contributed by atoms with E-state index in [0.717, 1.165) is 18.6 Å². The van der Waals surface area contributed by atoms with Crippen molar-refractivity contribution in [1.82, 2.24) is 5.32 Å². The first kappa shape index (κ1) is 17.7. The van der Waals surface area contributed by atoms with E-state index >= 15 is 0 Å². The molecule has 3 N–H and O–H groups in total. The predicted octanol–water partition coefficient (Wildman–Crippen LogP) is 2.11. The zero-order valence-electron chi connectivity index (χ0n) is 11.9. The molecule has 18 heavy (non-hydrogen) atoms. The first-order chi connectivity index (χ1) is 8.31. The summed E-state index contributed by atoms with van der Waals surface area (Å²) in [4.78, 5) is 11.3. The van der Waals surface area contributed by atoms with Crippen LogP contribution in [0.5, 0.6) is 0 Å². The lowest BCUT2D eigenvalue weighted by Crippen LogP contribution is -2.52. The summed E-state index contributed by atoms with van der Waals surface area (Å²) in [5.41, 5.74) is -0.832. The summed E-state index contributed by atoms with van der Waals surface area (Å²) >= 11 is 1.73. The Morgan fingerprint density at radius 3 is 2.39 bits per heavy atom. The normalized spacial score (nSPS) is 16.6. The quantitative estimate of drug-likeness (QED) is 0.534. The third-order valence-corrected chi connectivity index (χ3v) is 4.05. The summed E-state index contributed by atoms with van der Waals surface area (Å²) in [5.74, 6) is 0.187. The van der Waals surface area contributed by atoms with Crippen molar-refractivity contribution in [2.75, 3.05) is 12.4 Å². The molecule has 2 unspecified atom stereocenters. The first-order valence-electron chi connectivity index (χ1n) is 6.55. The van der Waals surface area contributed by atoms with Crippen LogP contribution in [0.1, 0.15) is 47.0 Å². The molecule has 0 aliphatic rings. The van der Waals surface area contributed by atoms with Gasteiger partial charge in [-0.2, -0.15) is 11.8 Å². The van der Waals surface area contributed by atoms with Crippen molar-refractivity contribution in [2.45, 2.75) is 63.8 Å². The van der Waals surface area contributed by atoms with Crippen molar-refractivity contribution in [1.29, 1.82) is 0 Å². The van der Waals surface area contributed by atoms with E-state index in [-0.39, 0.29) is 17.9 Å². The molecule has 0 rings (SSSR count). The highest BCUT2D eigenvalue weighted by atomic mass is 32.2. The fourth-order valence-electron chi connectivity index (χ4n) is 1.80. The molecule has 4 nitrogen and oxygen atoms in total. The van der Waals surface area contributed by atoms with Crippen LogP contribution in [0.15, 0.2) is 0 Å². The van der Waals surface area contributed by atoms with Crippen molar-refractivity contribution in [3.05, 3.63) is 0 Å². The molecule has 0 aromatic carbocycles. The van der Waals surface area contributed by atoms with Gasteiger partial charge in [0, 0.05) is 11.3 Å². The topological polar surface area (TPSA) is 69.6 Å². The molecular formula is C13H27NO3S. The lowest BCUT2D eigenvalue weighted by atomic mass is 9.94. The molecule has 5 heteroatoms. The molecule has 0 aliphatic heterocycles. The Morgan fingerprint density at radius 2 is 1.94 bits per heavy atom. The SMILES string of the molecule is CC(C)NC(C)(CCCCSC(C)CO)C(=O)O. The minimum atomic E-state index is -0.832. The van der Waals surface area contributed by atoms with Crippen LogP contribution in [0.4, 0.5) is 0 Å². The lowest BCUT2D eigenvalue weighted by molar-refractivity contribution is -0.144. The highest BCUT2D eigenvalue weighted by molar-refractivity contribution is 7.99. The van der Waals surface area contributed by atoms with Gasteiger partial charge in [0.05, 0.1) is 6.61 Å². The summed E-state index contributed by atoms with van der Waals surface area (Å²) in [7, 11) is 0. The predicted molar refractivity (Wildman–Crippen MR) is 77.2 cm³/mol. The van der Waals surface area contributed by atoms with Crippen LogP contribution in [-0.4, -0.2) is 45.4 Å². The first-order valence-corrected chi connectivity index (χ1v) is 7.60. The van der Waals surface area contributed by atoms with E-state index in [1.165, 1.54) is 0 Å². The smallest absolute Gasteiger partial charge is 0.323 e. The maximum Gasteiger partial charge on any atom is 0.323 e. The van der Waals surface area contributed by atoms with Crippen LogP contribution in [0.2, 0.25) is 0 Å². The molecule has 0 radical (unpaired) electrons. The molecule has 0 aliphatic carbocycles. The fourth-order valence-corrected chi connectivity index (χ4v) is 2.67. The number of thioether (sulfide) groups is 1. The standard InChI is InChI=1S/C13H27NO3S/c1-10(2)14-13(4,12(16)17)7-5-6-8-18-11(3)9-15/h10-11,14-15H,5-9H2,1-4H3,(H,16,17). The van der Waals surface area contributed by atoms with Crippen molar-refractivity contribution < 1.29 is 15.0 Å². The van der Waals surface area contributed by atoms with E-state index in [1.54, 1.807) is 18.7 Å². The van der Waals surface area contributed by atoms with Crippen molar-refractivity contribution in [2.24, 2.45) is 0 Å². The van der Waals surface area contributed by atoms with Crippen molar-refractivity contribution in [3.8, 4) is 0 Å². The van der Waals surface area contributed by atoms with E-state index in [1.807, 2.05) is 20.8 Å². The van der Waals surface area contributed by atoms with Gasteiger partial charge in [-0.1, -0.05) is 13.3 Å². The van der Waals surface area contributed by atoms with Gasteiger partial charge in [0.15, 0.2) is 0 Å². The summed E-state index contributed by atoms with van der Waals surface area (Å²) in [6.45, 7) is 7.86. The Labute approximate surface area is 115 Å². The number of carbonyl (C=O) groups is 1. The van der Waals surface area contributed by atoms with Crippen LogP contribution in [-0.2, 0) is 4.79 Å². The van der Waals surface area contributed by atoms with Crippen molar-refractivity contribution in [3.63, 3.8) is 0 Å². The summed E-state index contributed by atoms with van der Waals surface area (Å²) in [5, 5.41) is 21.5. The zero-order chi connectivity index (χ0) is 14.2. The van der Waals surface area contributed by atoms with E-state index in [9.17, 15) is 9.90 Å². The molecule has 0 amide bonds. The second-order valence-electron chi connectivity index (χ2n) is 5.26. The largest absolute Gasteiger partial charge is 0.480 e. The number of aliphatic carboxylic acids is 1. The highest BCUT2D eigenvalue weighted by Gasteiger charge is 2.32. The van der Waals surface area contributed by atoms with Gasteiger partial charge in [0.2, 0.25) is 0 Å². The van der Waals surface area contributed by atoms with Gasteiger partial charge in [0.25, 0.3) is 0 Å². The molecule has 0 spiro atoms. The monoisotopic (exact) mass is 277 g/mol. The summed E-state index contributed by atoms with van der Waals surface area (Å²) < 4.78 is 0. The average molecular weight is 277 g/mol. The molecule has 0 heterocycles. The number of aliphatic hydroxyl groups excluding tert-OH is 1. The Morgan fingerprint density at radius 1 is 1.33 bits per heavy atom. The second kappa shape index (κ2) is 8.77. The number of rotatable bonds is 10. The van der Waals surface area contributed by atoms with Gasteiger partial charge in [0.1, 0.15) is 5.54 Å². The molecule has 108 valence electrons. The maximum absolute atomic E-state index is 11.3. The van der Waals surface area contributed by atoms with E-state index < -0.39 is 11.5 Å². The zero-order valence-corrected chi connectivity index (χ0v) is 12.7. The third-order valence-electron chi connectivity index (χ3n) is 2.81. The number of unbranched alkanes of at least 4 members (excludes halogenated alkanes) is 1. The van der Waals surface area contributed by atoms with Gasteiger partial charge in [-0.15, -0.1) is 0 Å². The molecule has 0 aromatic heterocycles. The Kier molecular flexibility index (Phi) is 8.65. The number of carboxylic acids is 1. The van der Waals surface area contributed by atoms with Gasteiger partial charge in [-0.25, -0.2) is 0 Å². The second-order valence-corrected chi connectivity index (χ2v) is 6.80. The number of hydrogen-bond donors (Lipinski definition) is 3. The Balaban J connectivity index is 3.95. The molecule has 0 bridgehead atoms. The van der Waals surface area contributed by atoms with Crippen LogP contribution >= 0.6 is 11.8 Å². The molecule has 2 atom stereocenters. The van der Waals surface area contributed by atoms with Gasteiger partial charge in [-0.05, 0) is 39.4 Å². The van der Waals surface area contributed by atoms with Gasteiger partial charge >= 0.3 is 5.97 Å². The molecule has 0 saturated carbocycles. The van der Waals surface area contributed by atoms with Crippen LogP contribution in [0, 0.1) is 0 Å². The van der Waals surface area contributed by atoms with Gasteiger partial charge in [-0.3, -0.25) is 10.1 Å². The van der Waals surface area contributed by atoms with Crippen LogP contribution < -0.4 is 5.32 Å². The minimum Gasteiger partial charge on any atom is -0.480 e. The number of aliphatic hydroxyl groups is 1. The third kappa shape index (κ3) is 7.24. The van der Waals surface area contributed by atoms with E-state index in [2.05, 4.69) is 5.32 Å². The maximum atomic E-state index is 11.3. The van der Waals surface area contributed by atoms with Gasteiger partial charge < -0.3 is 10.2 Å². The molecular weight excluding hydrogens is 250 g/mol. The van der Waals surface area contributed by atoms with E-state index in [4.69, 9.17) is 5.11 Å². The Bertz CT molecular complexity index is 248. The average Bonchev–Trinajstić information content (AvgIpc) is 2.27. The lowest BCUT2D eigenvalue weighted by Gasteiger charge is -2.28. The number of carboxylic acid groups (broad SMARTS) is 1. The molecule has 0 fully saturated rings. The Hall–Kier alpha value is -0.260.